The number of hydrogen-bond donors (Lipinski definition) is 1. The van der Waals surface area contributed by atoms with E-state index in [1.807, 2.05) is 51.1 Å². The van der Waals surface area contributed by atoms with Crippen LogP contribution in [0.2, 0.25) is 5.02 Å². The van der Waals surface area contributed by atoms with Gasteiger partial charge in [-0.25, -0.2) is 0 Å². The first-order chi connectivity index (χ1) is 10.5. The molecule has 0 aliphatic carbocycles. The highest BCUT2D eigenvalue weighted by atomic mass is 35.5. The third-order valence-electron chi connectivity index (χ3n) is 3.41. The van der Waals surface area contributed by atoms with Crippen molar-refractivity contribution in [3.05, 3.63) is 58.6 Å². The molecular formula is C18H20ClNO2. The zero-order chi connectivity index (χ0) is 16.1. The third-order valence-corrected chi connectivity index (χ3v) is 3.74. The summed E-state index contributed by atoms with van der Waals surface area (Å²) in [6.45, 7) is 5.88. The summed E-state index contributed by atoms with van der Waals surface area (Å²) in [5.41, 5.74) is 2.70. The fourth-order valence-corrected chi connectivity index (χ4v) is 2.27. The average molecular weight is 318 g/mol. The molecule has 0 saturated carbocycles. The van der Waals surface area contributed by atoms with Gasteiger partial charge >= 0.3 is 0 Å². The Kier molecular flexibility index (Phi) is 5.45. The smallest absolute Gasteiger partial charge is 0.265 e. The number of rotatable bonds is 5. The predicted octanol–water partition coefficient (Wildman–Crippen LogP) is 4.75. The number of carbonyl (C=O) groups is 1. The molecule has 0 bridgehead atoms. The molecule has 1 amide bonds. The standard InChI is InChI=1S/C18H20ClNO2/c1-4-16(22-17-11-12(2)9-10-13(17)3)18(21)20-15-8-6-5-7-14(15)19/h5-11,16H,4H2,1-3H3,(H,20,21)/t16-/m1/s1. The molecule has 0 heterocycles. The summed E-state index contributed by atoms with van der Waals surface area (Å²) in [5, 5.41) is 3.33. The molecule has 22 heavy (non-hydrogen) atoms. The van der Waals surface area contributed by atoms with Crippen LogP contribution in [0.3, 0.4) is 0 Å². The van der Waals surface area contributed by atoms with E-state index < -0.39 is 6.10 Å². The van der Waals surface area contributed by atoms with Crippen LogP contribution in [0.5, 0.6) is 5.75 Å². The molecular weight excluding hydrogens is 298 g/mol. The lowest BCUT2D eigenvalue weighted by Gasteiger charge is -2.19. The molecule has 2 aromatic rings. The van der Waals surface area contributed by atoms with Crippen molar-refractivity contribution in [3.8, 4) is 5.75 Å². The van der Waals surface area contributed by atoms with Gasteiger partial charge in [-0.05, 0) is 49.6 Å². The quantitative estimate of drug-likeness (QED) is 0.864. The summed E-state index contributed by atoms with van der Waals surface area (Å²) in [6.07, 6.45) is 0.0145. The Balaban J connectivity index is 2.12. The van der Waals surface area contributed by atoms with E-state index in [9.17, 15) is 4.79 Å². The molecule has 0 saturated heterocycles. The molecule has 116 valence electrons. The van der Waals surface area contributed by atoms with E-state index in [0.29, 0.717) is 17.1 Å². The van der Waals surface area contributed by atoms with Crippen LogP contribution in [0, 0.1) is 13.8 Å². The highest BCUT2D eigenvalue weighted by Gasteiger charge is 2.20. The van der Waals surface area contributed by atoms with Gasteiger partial charge in [-0.1, -0.05) is 42.8 Å². The lowest BCUT2D eigenvalue weighted by atomic mass is 10.1. The van der Waals surface area contributed by atoms with E-state index in [-0.39, 0.29) is 5.91 Å². The van der Waals surface area contributed by atoms with Crippen molar-refractivity contribution in [3.63, 3.8) is 0 Å². The molecule has 2 rings (SSSR count). The van der Waals surface area contributed by atoms with Gasteiger partial charge in [-0.2, -0.15) is 0 Å². The molecule has 1 atom stereocenters. The Morgan fingerprint density at radius 2 is 1.95 bits per heavy atom. The molecule has 0 radical (unpaired) electrons. The maximum atomic E-state index is 12.4. The summed E-state index contributed by atoms with van der Waals surface area (Å²) < 4.78 is 5.89. The Morgan fingerprint density at radius 3 is 2.64 bits per heavy atom. The first kappa shape index (κ1) is 16.4. The number of benzene rings is 2. The van der Waals surface area contributed by atoms with Gasteiger partial charge in [0.2, 0.25) is 0 Å². The number of carbonyl (C=O) groups excluding carboxylic acids is 1. The van der Waals surface area contributed by atoms with Crippen molar-refractivity contribution in [1.82, 2.24) is 0 Å². The number of hydrogen-bond acceptors (Lipinski definition) is 2. The number of anilines is 1. The van der Waals surface area contributed by atoms with Crippen LogP contribution in [0.4, 0.5) is 5.69 Å². The van der Waals surface area contributed by atoms with Gasteiger partial charge < -0.3 is 10.1 Å². The van der Waals surface area contributed by atoms with Crippen molar-refractivity contribution in [2.24, 2.45) is 0 Å². The van der Waals surface area contributed by atoms with Crippen molar-refractivity contribution in [2.75, 3.05) is 5.32 Å². The maximum absolute atomic E-state index is 12.4. The summed E-state index contributed by atoms with van der Waals surface area (Å²) >= 11 is 6.07. The second-order valence-electron chi connectivity index (χ2n) is 5.25. The summed E-state index contributed by atoms with van der Waals surface area (Å²) in [7, 11) is 0. The van der Waals surface area contributed by atoms with Crippen LogP contribution >= 0.6 is 11.6 Å². The number of aryl methyl sites for hydroxylation is 2. The van der Waals surface area contributed by atoms with Gasteiger partial charge in [0.05, 0.1) is 10.7 Å². The Hall–Kier alpha value is -2.00. The minimum absolute atomic E-state index is 0.198. The predicted molar refractivity (Wildman–Crippen MR) is 90.7 cm³/mol. The number of ether oxygens (including phenoxy) is 1. The molecule has 0 spiro atoms. The third kappa shape index (κ3) is 4.01. The van der Waals surface area contributed by atoms with E-state index in [2.05, 4.69) is 5.32 Å². The van der Waals surface area contributed by atoms with E-state index in [4.69, 9.17) is 16.3 Å². The number of nitrogens with one attached hydrogen (secondary N) is 1. The van der Waals surface area contributed by atoms with Crippen LogP contribution < -0.4 is 10.1 Å². The van der Waals surface area contributed by atoms with Gasteiger partial charge in [0.25, 0.3) is 5.91 Å². The minimum atomic E-state index is -0.559. The van der Waals surface area contributed by atoms with Gasteiger partial charge in [-0.3, -0.25) is 4.79 Å². The summed E-state index contributed by atoms with van der Waals surface area (Å²) in [6, 6.07) is 13.1. The number of para-hydroxylation sites is 1. The molecule has 0 fully saturated rings. The van der Waals surface area contributed by atoms with E-state index >= 15 is 0 Å². The highest BCUT2D eigenvalue weighted by Crippen LogP contribution is 2.23. The zero-order valence-corrected chi connectivity index (χ0v) is 13.8. The van der Waals surface area contributed by atoms with Crippen LogP contribution in [0.15, 0.2) is 42.5 Å². The fraction of sp³-hybridized carbons (Fsp3) is 0.278. The lowest BCUT2D eigenvalue weighted by molar-refractivity contribution is -0.122. The van der Waals surface area contributed by atoms with Crippen LogP contribution in [0.25, 0.3) is 0 Å². The van der Waals surface area contributed by atoms with Crippen molar-refractivity contribution < 1.29 is 9.53 Å². The lowest BCUT2D eigenvalue weighted by Crippen LogP contribution is -2.32. The SMILES string of the molecule is CC[C@@H](Oc1cc(C)ccc1C)C(=O)Nc1ccccc1Cl. The molecule has 0 aliphatic rings. The second kappa shape index (κ2) is 7.32. The zero-order valence-electron chi connectivity index (χ0n) is 13.0. The minimum Gasteiger partial charge on any atom is -0.480 e. The van der Waals surface area contributed by atoms with Gasteiger partial charge in [0.15, 0.2) is 6.10 Å². The van der Waals surface area contributed by atoms with E-state index in [0.717, 1.165) is 16.9 Å². The largest absolute Gasteiger partial charge is 0.480 e. The molecule has 0 unspecified atom stereocenters. The van der Waals surface area contributed by atoms with E-state index in [1.54, 1.807) is 12.1 Å². The molecule has 1 N–H and O–H groups in total. The van der Waals surface area contributed by atoms with Gasteiger partial charge in [0.1, 0.15) is 5.75 Å². The van der Waals surface area contributed by atoms with Crippen molar-refractivity contribution >= 4 is 23.2 Å². The van der Waals surface area contributed by atoms with Gasteiger partial charge in [-0.15, -0.1) is 0 Å². The Bertz CT molecular complexity index is 670. The van der Waals surface area contributed by atoms with Gasteiger partial charge in [0, 0.05) is 0 Å². The Labute approximate surface area is 136 Å². The normalized spacial score (nSPS) is 11.8. The van der Waals surface area contributed by atoms with Crippen LogP contribution in [0.1, 0.15) is 24.5 Å². The molecule has 2 aromatic carbocycles. The second-order valence-corrected chi connectivity index (χ2v) is 5.66. The first-order valence-corrected chi connectivity index (χ1v) is 7.68. The Morgan fingerprint density at radius 1 is 1.23 bits per heavy atom. The van der Waals surface area contributed by atoms with Crippen LogP contribution in [-0.4, -0.2) is 12.0 Å². The molecule has 4 heteroatoms. The number of amides is 1. The topological polar surface area (TPSA) is 38.3 Å². The van der Waals surface area contributed by atoms with Crippen molar-refractivity contribution in [1.29, 1.82) is 0 Å². The van der Waals surface area contributed by atoms with Crippen LogP contribution in [-0.2, 0) is 4.79 Å². The maximum Gasteiger partial charge on any atom is 0.265 e. The monoisotopic (exact) mass is 317 g/mol. The first-order valence-electron chi connectivity index (χ1n) is 7.30. The summed E-state index contributed by atoms with van der Waals surface area (Å²) in [4.78, 5) is 12.4. The molecule has 0 aromatic heterocycles. The number of halogens is 1. The van der Waals surface area contributed by atoms with Crippen molar-refractivity contribution in [2.45, 2.75) is 33.3 Å². The van der Waals surface area contributed by atoms with E-state index in [1.165, 1.54) is 0 Å². The summed E-state index contributed by atoms with van der Waals surface area (Å²) in [5.74, 6) is 0.540. The fourth-order valence-electron chi connectivity index (χ4n) is 2.09. The highest BCUT2D eigenvalue weighted by molar-refractivity contribution is 6.33. The average Bonchev–Trinajstić information content (AvgIpc) is 2.50. The molecule has 0 aliphatic heterocycles. The molecule has 3 nitrogen and oxygen atoms in total.